The van der Waals surface area contributed by atoms with Gasteiger partial charge in [0.2, 0.25) is 0 Å². The van der Waals surface area contributed by atoms with Gasteiger partial charge in [-0.3, -0.25) is 4.79 Å². The van der Waals surface area contributed by atoms with Crippen LogP contribution in [0, 0.1) is 17.4 Å². The molecule has 0 bridgehead atoms. The van der Waals surface area contributed by atoms with Crippen molar-refractivity contribution in [1.29, 1.82) is 0 Å². The van der Waals surface area contributed by atoms with Crippen molar-refractivity contribution in [2.45, 2.75) is 25.7 Å². The van der Waals surface area contributed by atoms with Crippen LogP contribution in [0.25, 0.3) is 0 Å². The molecule has 0 amide bonds. The largest absolute Gasteiger partial charge is 0.324 e. The van der Waals surface area contributed by atoms with Crippen molar-refractivity contribution in [1.82, 2.24) is 4.98 Å². The summed E-state index contributed by atoms with van der Waals surface area (Å²) in [7, 11) is -3.45. The van der Waals surface area contributed by atoms with E-state index in [-0.39, 0.29) is 10.6 Å². The first kappa shape index (κ1) is 12.7. The predicted molar refractivity (Wildman–Crippen MR) is 67.0 cm³/mol. The van der Waals surface area contributed by atoms with E-state index in [9.17, 15) is 13.2 Å². The van der Waals surface area contributed by atoms with Gasteiger partial charge in [-0.2, -0.15) is 0 Å². The van der Waals surface area contributed by atoms with Gasteiger partial charge in [0.25, 0.3) is 5.56 Å². The highest BCUT2D eigenvalue weighted by Gasteiger charge is 2.21. The van der Waals surface area contributed by atoms with Crippen molar-refractivity contribution in [3.8, 4) is 0 Å². The van der Waals surface area contributed by atoms with Gasteiger partial charge in [0, 0.05) is 9.26 Å². The summed E-state index contributed by atoms with van der Waals surface area (Å²) in [6.45, 7) is 4.94. The molecular weight excluding hydrogens is 329 g/mol. The first-order chi connectivity index (χ1) is 6.81. The van der Waals surface area contributed by atoms with Crippen LogP contribution in [0.3, 0.4) is 0 Å². The normalized spacial score (nSPS) is 11.7. The Balaban J connectivity index is 3.73. The zero-order chi connectivity index (χ0) is 11.8. The van der Waals surface area contributed by atoms with E-state index in [1.807, 2.05) is 22.6 Å². The summed E-state index contributed by atoms with van der Waals surface area (Å²) in [5.74, 6) is -0.0595. The Morgan fingerprint density at radius 2 is 1.87 bits per heavy atom. The smallest absolute Gasteiger partial charge is 0.267 e. The molecule has 15 heavy (non-hydrogen) atoms. The monoisotopic (exact) mass is 341 g/mol. The first-order valence-electron chi connectivity index (χ1n) is 4.43. The quantitative estimate of drug-likeness (QED) is 0.827. The molecule has 0 aliphatic heterocycles. The number of aromatic amines is 1. The van der Waals surface area contributed by atoms with Gasteiger partial charge in [0.15, 0.2) is 9.84 Å². The van der Waals surface area contributed by atoms with E-state index in [1.165, 1.54) is 6.92 Å². The molecule has 0 radical (unpaired) electrons. The van der Waals surface area contributed by atoms with Crippen LogP contribution in [0.4, 0.5) is 0 Å². The van der Waals surface area contributed by atoms with Crippen LogP contribution >= 0.6 is 22.6 Å². The number of aromatic nitrogens is 1. The number of hydrogen-bond donors (Lipinski definition) is 1. The SMILES string of the molecule is CCS(=O)(=O)c1c(C)c(I)c(C)[nH]c1=O. The number of pyridine rings is 1. The summed E-state index contributed by atoms with van der Waals surface area (Å²) in [6.07, 6.45) is 0. The second kappa shape index (κ2) is 4.25. The van der Waals surface area contributed by atoms with Crippen molar-refractivity contribution in [2.75, 3.05) is 5.75 Å². The number of rotatable bonds is 2. The van der Waals surface area contributed by atoms with Gasteiger partial charge in [0.1, 0.15) is 4.90 Å². The standard InChI is InChI=1S/C9H12INO3S/c1-4-15(13,14)8-5(2)7(10)6(3)11-9(8)12/h4H2,1-3H3,(H,11,12). The minimum Gasteiger partial charge on any atom is -0.324 e. The molecule has 0 fully saturated rings. The van der Waals surface area contributed by atoms with E-state index >= 15 is 0 Å². The Morgan fingerprint density at radius 1 is 1.33 bits per heavy atom. The van der Waals surface area contributed by atoms with Crippen LogP contribution in [0.15, 0.2) is 9.69 Å². The summed E-state index contributed by atoms with van der Waals surface area (Å²) in [6, 6.07) is 0. The Kier molecular flexibility index (Phi) is 3.59. The molecule has 6 heteroatoms. The molecule has 0 aliphatic rings. The Hall–Kier alpha value is -0.370. The predicted octanol–water partition coefficient (Wildman–Crippen LogP) is 1.39. The van der Waals surface area contributed by atoms with Crippen molar-refractivity contribution in [3.63, 3.8) is 0 Å². The summed E-state index contributed by atoms with van der Waals surface area (Å²) >= 11 is 2.03. The molecule has 1 aromatic heterocycles. The maximum absolute atomic E-state index is 11.7. The fourth-order valence-corrected chi connectivity index (χ4v) is 3.13. The van der Waals surface area contributed by atoms with Gasteiger partial charge in [0.05, 0.1) is 5.75 Å². The highest BCUT2D eigenvalue weighted by Crippen LogP contribution is 2.19. The Bertz CT molecular complexity index is 545. The van der Waals surface area contributed by atoms with Gasteiger partial charge in [-0.1, -0.05) is 6.92 Å². The van der Waals surface area contributed by atoms with Crippen LogP contribution in [0.5, 0.6) is 0 Å². The average molecular weight is 341 g/mol. The fourth-order valence-electron chi connectivity index (χ4n) is 1.35. The molecule has 0 aliphatic carbocycles. The number of aryl methyl sites for hydroxylation is 1. The molecule has 0 unspecified atom stereocenters. The lowest BCUT2D eigenvalue weighted by Crippen LogP contribution is -2.22. The Labute approximate surface area is 102 Å². The summed E-state index contributed by atoms with van der Waals surface area (Å²) in [5, 5.41) is 0. The third-order valence-corrected chi connectivity index (χ3v) is 5.69. The maximum Gasteiger partial charge on any atom is 0.267 e. The van der Waals surface area contributed by atoms with Crippen molar-refractivity contribution in [2.24, 2.45) is 0 Å². The third-order valence-electron chi connectivity index (χ3n) is 2.20. The maximum atomic E-state index is 11.7. The second-order valence-electron chi connectivity index (χ2n) is 3.25. The van der Waals surface area contributed by atoms with E-state index < -0.39 is 15.4 Å². The first-order valence-corrected chi connectivity index (χ1v) is 7.16. The van der Waals surface area contributed by atoms with Crippen LogP contribution < -0.4 is 5.56 Å². The zero-order valence-corrected chi connectivity index (χ0v) is 11.7. The van der Waals surface area contributed by atoms with Crippen molar-refractivity contribution >= 4 is 32.4 Å². The topological polar surface area (TPSA) is 67.0 Å². The molecule has 0 aromatic carbocycles. The van der Waals surface area contributed by atoms with Crippen molar-refractivity contribution in [3.05, 3.63) is 25.2 Å². The highest BCUT2D eigenvalue weighted by molar-refractivity contribution is 14.1. The molecule has 84 valence electrons. The van der Waals surface area contributed by atoms with Gasteiger partial charge >= 0.3 is 0 Å². The summed E-state index contributed by atoms with van der Waals surface area (Å²) in [4.78, 5) is 14.0. The van der Waals surface area contributed by atoms with Crippen LogP contribution in [-0.4, -0.2) is 19.2 Å². The average Bonchev–Trinajstić information content (AvgIpc) is 2.14. The minimum atomic E-state index is -3.45. The molecule has 0 saturated carbocycles. The molecule has 1 N–H and O–H groups in total. The van der Waals surface area contributed by atoms with Gasteiger partial charge in [-0.15, -0.1) is 0 Å². The van der Waals surface area contributed by atoms with E-state index in [4.69, 9.17) is 0 Å². The lowest BCUT2D eigenvalue weighted by Gasteiger charge is -2.08. The van der Waals surface area contributed by atoms with Crippen LogP contribution in [-0.2, 0) is 9.84 Å². The van der Waals surface area contributed by atoms with Crippen LogP contribution in [0.1, 0.15) is 18.2 Å². The second-order valence-corrected chi connectivity index (χ2v) is 6.54. The number of hydrogen-bond acceptors (Lipinski definition) is 3. The number of sulfone groups is 1. The molecule has 0 saturated heterocycles. The lowest BCUT2D eigenvalue weighted by atomic mass is 10.2. The van der Waals surface area contributed by atoms with Crippen LogP contribution in [0.2, 0.25) is 0 Å². The number of halogens is 1. The van der Waals surface area contributed by atoms with Crippen molar-refractivity contribution < 1.29 is 8.42 Å². The van der Waals surface area contributed by atoms with Gasteiger partial charge in [-0.25, -0.2) is 8.42 Å². The highest BCUT2D eigenvalue weighted by atomic mass is 127. The number of H-pyrrole nitrogens is 1. The molecule has 1 aromatic rings. The van der Waals surface area contributed by atoms with E-state index in [0.717, 1.165) is 3.57 Å². The summed E-state index contributed by atoms with van der Waals surface area (Å²) in [5.41, 5.74) is 0.721. The molecule has 4 nitrogen and oxygen atoms in total. The lowest BCUT2D eigenvalue weighted by molar-refractivity contribution is 0.595. The van der Waals surface area contributed by atoms with E-state index in [1.54, 1.807) is 13.8 Å². The molecule has 1 heterocycles. The summed E-state index contributed by atoms with van der Waals surface area (Å²) < 4.78 is 24.2. The zero-order valence-electron chi connectivity index (χ0n) is 8.72. The third kappa shape index (κ3) is 2.25. The molecule has 1 rings (SSSR count). The molecule has 0 spiro atoms. The molecular formula is C9H12INO3S. The van der Waals surface area contributed by atoms with E-state index in [2.05, 4.69) is 4.98 Å². The molecule has 0 atom stereocenters. The number of nitrogens with one attached hydrogen (secondary N) is 1. The van der Waals surface area contributed by atoms with Gasteiger partial charge < -0.3 is 4.98 Å². The fraction of sp³-hybridized carbons (Fsp3) is 0.444. The van der Waals surface area contributed by atoms with E-state index in [0.29, 0.717) is 11.3 Å². The Morgan fingerprint density at radius 3 is 2.33 bits per heavy atom. The van der Waals surface area contributed by atoms with Gasteiger partial charge in [-0.05, 0) is 42.0 Å². The minimum absolute atomic E-state index is 0.0595.